The van der Waals surface area contributed by atoms with Crippen molar-refractivity contribution in [2.24, 2.45) is 0 Å². The highest BCUT2D eigenvalue weighted by Crippen LogP contribution is 2.34. The van der Waals surface area contributed by atoms with E-state index in [1.54, 1.807) is 42.5 Å². The van der Waals surface area contributed by atoms with Gasteiger partial charge in [-0.2, -0.15) is 0 Å². The van der Waals surface area contributed by atoms with Crippen LogP contribution in [0.25, 0.3) is 0 Å². The number of hydrogen-bond acceptors (Lipinski definition) is 4. The van der Waals surface area contributed by atoms with Crippen LogP contribution < -0.4 is 9.03 Å². The Labute approximate surface area is 181 Å². The van der Waals surface area contributed by atoms with Crippen molar-refractivity contribution >= 4 is 31.4 Å². The normalized spacial score (nSPS) is 14.2. The number of nitrogens with one attached hydrogen (secondary N) is 1. The van der Waals surface area contributed by atoms with Crippen molar-refractivity contribution in [1.29, 1.82) is 0 Å². The minimum Gasteiger partial charge on any atom is -0.280 e. The summed E-state index contributed by atoms with van der Waals surface area (Å²) in [5, 5.41) is 0. The van der Waals surface area contributed by atoms with Crippen molar-refractivity contribution in [3.63, 3.8) is 0 Å². The average molecular weight is 461 g/mol. The van der Waals surface area contributed by atoms with Crippen molar-refractivity contribution in [2.75, 3.05) is 15.6 Å². The number of aryl methyl sites for hydroxylation is 2. The highest BCUT2D eigenvalue weighted by atomic mass is 32.2. The highest BCUT2D eigenvalue weighted by Gasteiger charge is 2.29. The molecule has 0 aliphatic carbocycles. The van der Waals surface area contributed by atoms with E-state index in [0.29, 0.717) is 36.3 Å². The first-order chi connectivity index (χ1) is 14.7. The maximum absolute atomic E-state index is 13.3. The van der Waals surface area contributed by atoms with E-state index in [1.807, 2.05) is 0 Å². The summed E-state index contributed by atoms with van der Waals surface area (Å²) in [4.78, 5) is 0.194. The molecule has 0 spiro atoms. The molecule has 1 heterocycles. The van der Waals surface area contributed by atoms with Gasteiger partial charge < -0.3 is 0 Å². The van der Waals surface area contributed by atoms with Gasteiger partial charge in [0.05, 0.1) is 15.5 Å². The van der Waals surface area contributed by atoms with Gasteiger partial charge in [0, 0.05) is 12.2 Å². The third kappa shape index (κ3) is 4.15. The van der Waals surface area contributed by atoms with Crippen molar-refractivity contribution in [2.45, 2.75) is 29.6 Å². The van der Waals surface area contributed by atoms with E-state index < -0.39 is 25.9 Å². The second-order valence-electron chi connectivity index (χ2n) is 7.35. The van der Waals surface area contributed by atoms with E-state index in [1.165, 1.54) is 23.4 Å². The largest absolute Gasteiger partial charge is 0.280 e. The third-order valence-electron chi connectivity index (χ3n) is 5.17. The molecule has 0 radical (unpaired) electrons. The quantitative estimate of drug-likeness (QED) is 0.622. The Balaban J connectivity index is 1.66. The van der Waals surface area contributed by atoms with Gasteiger partial charge in [-0.15, -0.1) is 0 Å². The Morgan fingerprint density at radius 2 is 1.68 bits per heavy atom. The molecule has 31 heavy (non-hydrogen) atoms. The maximum Gasteiger partial charge on any atom is 0.264 e. The summed E-state index contributed by atoms with van der Waals surface area (Å²) in [5.41, 5.74) is 1.89. The minimum atomic E-state index is -3.92. The lowest BCUT2D eigenvalue weighted by molar-refractivity contribution is 0.586. The summed E-state index contributed by atoms with van der Waals surface area (Å²) in [6, 6.07) is 16.5. The summed E-state index contributed by atoms with van der Waals surface area (Å²) in [6.45, 7) is 1.88. The predicted octanol–water partition coefficient (Wildman–Crippen LogP) is 4.08. The number of fused-ring (bicyclic) bond motifs is 1. The first-order valence-electron chi connectivity index (χ1n) is 9.68. The predicted molar refractivity (Wildman–Crippen MR) is 118 cm³/mol. The molecule has 0 fully saturated rings. The van der Waals surface area contributed by atoms with Crippen LogP contribution in [0.1, 0.15) is 17.5 Å². The average Bonchev–Trinajstić information content (AvgIpc) is 2.73. The summed E-state index contributed by atoms with van der Waals surface area (Å²) in [5.74, 6) is -0.509. The van der Waals surface area contributed by atoms with Gasteiger partial charge in [-0.3, -0.25) is 9.03 Å². The molecule has 0 unspecified atom stereocenters. The minimum absolute atomic E-state index is 0.0140. The molecule has 0 saturated heterocycles. The first-order valence-corrected chi connectivity index (χ1v) is 12.6. The van der Waals surface area contributed by atoms with Crippen LogP contribution in [0.3, 0.4) is 0 Å². The lowest BCUT2D eigenvalue weighted by atomic mass is 10.0. The summed E-state index contributed by atoms with van der Waals surface area (Å²) < 4.78 is 69.0. The van der Waals surface area contributed by atoms with Gasteiger partial charge >= 0.3 is 0 Å². The Kier molecular flexibility index (Phi) is 5.49. The highest BCUT2D eigenvalue weighted by molar-refractivity contribution is 7.93. The van der Waals surface area contributed by atoms with E-state index in [0.717, 1.165) is 17.7 Å². The second kappa shape index (κ2) is 7.97. The van der Waals surface area contributed by atoms with Crippen molar-refractivity contribution in [3.8, 4) is 0 Å². The molecule has 0 bridgehead atoms. The van der Waals surface area contributed by atoms with Crippen LogP contribution in [0, 0.1) is 12.7 Å². The van der Waals surface area contributed by atoms with Crippen LogP contribution in [-0.2, 0) is 26.5 Å². The number of nitrogens with zero attached hydrogens (tertiary/aromatic N) is 1. The molecule has 0 atom stereocenters. The Hall–Kier alpha value is -2.91. The fourth-order valence-corrected chi connectivity index (χ4v) is 6.56. The maximum atomic E-state index is 13.3. The number of halogens is 1. The van der Waals surface area contributed by atoms with Crippen LogP contribution >= 0.6 is 0 Å². The topological polar surface area (TPSA) is 83.6 Å². The van der Waals surface area contributed by atoms with Gasteiger partial charge in [0.1, 0.15) is 5.82 Å². The van der Waals surface area contributed by atoms with Crippen LogP contribution in [0.2, 0.25) is 0 Å². The molecule has 1 N–H and O–H groups in total. The SMILES string of the molecule is Cc1cc(F)ccc1S(=O)(=O)Nc1ccc2c(c1)CCCN2S(=O)(=O)c1ccccc1. The summed E-state index contributed by atoms with van der Waals surface area (Å²) in [6.07, 6.45) is 1.24. The molecule has 1 aliphatic rings. The Morgan fingerprint density at radius 1 is 0.935 bits per heavy atom. The van der Waals surface area contributed by atoms with E-state index in [9.17, 15) is 21.2 Å². The molecule has 9 heteroatoms. The number of sulfonamides is 2. The summed E-state index contributed by atoms with van der Waals surface area (Å²) >= 11 is 0. The van der Waals surface area contributed by atoms with Gasteiger partial charge in [0.15, 0.2) is 0 Å². The molecule has 0 saturated carbocycles. The molecule has 0 aromatic heterocycles. The first kappa shape index (κ1) is 21.3. The molecular formula is C22H21FN2O4S2. The van der Waals surface area contributed by atoms with Crippen molar-refractivity contribution < 1.29 is 21.2 Å². The molecule has 162 valence electrons. The molecule has 4 rings (SSSR count). The molecule has 0 amide bonds. The third-order valence-corrected chi connectivity index (χ3v) is 8.53. The molecule has 1 aliphatic heterocycles. The van der Waals surface area contributed by atoms with Gasteiger partial charge in [-0.1, -0.05) is 18.2 Å². The number of benzene rings is 3. The number of hydrogen-bond donors (Lipinski definition) is 1. The molecule has 6 nitrogen and oxygen atoms in total. The zero-order valence-electron chi connectivity index (χ0n) is 16.7. The Bertz CT molecular complexity index is 1340. The van der Waals surface area contributed by atoms with E-state index in [4.69, 9.17) is 0 Å². The van der Waals surface area contributed by atoms with Crippen molar-refractivity contribution in [1.82, 2.24) is 0 Å². The fraction of sp³-hybridized carbons (Fsp3) is 0.182. The van der Waals surface area contributed by atoms with Gasteiger partial charge in [0.25, 0.3) is 20.0 Å². The summed E-state index contributed by atoms with van der Waals surface area (Å²) in [7, 11) is -7.64. The van der Waals surface area contributed by atoms with Gasteiger partial charge in [0.2, 0.25) is 0 Å². The number of anilines is 2. The lowest BCUT2D eigenvalue weighted by Gasteiger charge is -2.31. The fourth-order valence-electron chi connectivity index (χ4n) is 3.72. The van der Waals surface area contributed by atoms with Crippen molar-refractivity contribution in [3.05, 3.63) is 83.7 Å². The molecular weight excluding hydrogens is 439 g/mol. The lowest BCUT2D eigenvalue weighted by Crippen LogP contribution is -2.35. The van der Waals surface area contributed by atoms with Crippen LogP contribution in [0.4, 0.5) is 15.8 Å². The molecule has 3 aromatic rings. The van der Waals surface area contributed by atoms with Crippen LogP contribution in [0.15, 0.2) is 76.5 Å². The Morgan fingerprint density at radius 3 is 2.39 bits per heavy atom. The zero-order chi connectivity index (χ0) is 22.2. The molecule has 3 aromatic carbocycles. The van der Waals surface area contributed by atoms with Gasteiger partial charge in [-0.25, -0.2) is 21.2 Å². The van der Waals surface area contributed by atoms with E-state index in [2.05, 4.69) is 4.72 Å². The standard InChI is InChI=1S/C22H21FN2O4S2/c1-16-14-18(23)9-12-22(16)30(26,27)24-19-10-11-21-17(15-19)6-5-13-25(21)31(28,29)20-7-3-2-4-8-20/h2-4,7-12,14-15,24H,5-6,13H2,1H3. The van der Waals surface area contributed by atoms with E-state index in [-0.39, 0.29) is 9.79 Å². The van der Waals surface area contributed by atoms with E-state index >= 15 is 0 Å². The van der Waals surface area contributed by atoms with Gasteiger partial charge in [-0.05, 0) is 79.4 Å². The second-order valence-corrected chi connectivity index (χ2v) is 10.9. The monoisotopic (exact) mass is 460 g/mol. The van der Waals surface area contributed by atoms with Crippen LogP contribution in [0.5, 0.6) is 0 Å². The smallest absolute Gasteiger partial charge is 0.264 e. The zero-order valence-corrected chi connectivity index (χ0v) is 18.4. The number of rotatable bonds is 5. The van der Waals surface area contributed by atoms with Crippen LogP contribution in [-0.4, -0.2) is 23.4 Å².